The van der Waals surface area contributed by atoms with Gasteiger partial charge in [-0.3, -0.25) is 4.79 Å². The lowest BCUT2D eigenvalue weighted by molar-refractivity contribution is 0.0914. The molecule has 2 unspecified atom stereocenters. The number of hydrogen-bond donors (Lipinski definition) is 3. The van der Waals surface area contributed by atoms with Crippen molar-refractivity contribution < 1.29 is 13.2 Å². The third kappa shape index (κ3) is 4.44. The number of amidine groups is 1. The van der Waals surface area contributed by atoms with Crippen LogP contribution in [-0.4, -0.2) is 39.3 Å². The van der Waals surface area contributed by atoms with Gasteiger partial charge in [-0.15, -0.1) is 16.8 Å². The highest BCUT2D eigenvalue weighted by atomic mass is 35.5. The minimum Gasteiger partial charge on any atom is -0.349 e. The van der Waals surface area contributed by atoms with E-state index >= 15 is 0 Å². The smallest absolute Gasteiger partial charge is 0.285 e. The molecular weight excluding hydrogens is 412 g/mol. The maximum absolute atomic E-state index is 12.5. The van der Waals surface area contributed by atoms with Crippen LogP contribution in [-0.2, 0) is 10.0 Å². The Bertz CT molecular complexity index is 1040. The van der Waals surface area contributed by atoms with Gasteiger partial charge in [0.25, 0.3) is 15.9 Å². The van der Waals surface area contributed by atoms with Crippen LogP contribution in [0, 0.1) is 5.92 Å². The molecule has 2 aromatic rings. The van der Waals surface area contributed by atoms with Gasteiger partial charge in [-0.2, -0.15) is 8.42 Å². The molecule has 7 nitrogen and oxygen atoms in total. The lowest BCUT2D eigenvalue weighted by Gasteiger charge is -2.30. The number of fused-ring (bicyclic) bond motifs is 1. The van der Waals surface area contributed by atoms with Gasteiger partial charge < -0.3 is 16.0 Å². The molecule has 2 aliphatic rings. The highest BCUT2D eigenvalue weighted by molar-refractivity contribution is 7.90. The van der Waals surface area contributed by atoms with Crippen LogP contribution in [0.2, 0.25) is 0 Å². The maximum Gasteiger partial charge on any atom is 0.285 e. The minimum atomic E-state index is -3.66. The Morgan fingerprint density at radius 2 is 1.86 bits per heavy atom. The Morgan fingerprint density at radius 1 is 1.14 bits per heavy atom. The van der Waals surface area contributed by atoms with Crippen LogP contribution in [0.5, 0.6) is 0 Å². The molecule has 3 N–H and O–H groups in total. The second kappa shape index (κ2) is 8.52. The third-order valence-corrected chi connectivity index (χ3v) is 6.48. The van der Waals surface area contributed by atoms with Crippen LogP contribution in [0.4, 0.5) is 5.69 Å². The SMILES string of the molecule is CC1CNCCC1NC(=O)c1ccc(NC2=NS(=O)(=O)c3ccccc32)cc1.Cl. The summed E-state index contributed by atoms with van der Waals surface area (Å²) in [5, 5.41) is 9.46. The largest absolute Gasteiger partial charge is 0.349 e. The number of benzene rings is 2. The lowest BCUT2D eigenvalue weighted by atomic mass is 9.95. The maximum atomic E-state index is 12.5. The van der Waals surface area contributed by atoms with E-state index in [1.165, 1.54) is 6.07 Å². The van der Waals surface area contributed by atoms with Gasteiger partial charge in [-0.1, -0.05) is 19.1 Å². The Morgan fingerprint density at radius 3 is 2.59 bits per heavy atom. The number of anilines is 1. The van der Waals surface area contributed by atoms with E-state index in [4.69, 9.17) is 0 Å². The number of nitrogens with one attached hydrogen (secondary N) is 3. The quantitative estimate of drug-likeness (QED) is 0.688. The van der Waals surface area contributed by atoms with Gasteiger partial charge in [-0.25, -0.2) is 0 Å². The van der Waals surface area contributed by atoms with Crippen molar-refractivity contribution in [1.29, 1.82) is 0 Å². The van der Waals surface area contributed by atoms with Gasteiger partial charge in [0.1, 0.15) is 4.90 Å². The summed E-state index contributed by atoms with van der Waals surface area (Å²) in [7, 11) is -3.66. The summed E-state index contributed by atoms with van der Waals surface area (Å²) in [6.45, 7) is 3.93. The van der Waals surface area contributed by atoms with Crippen molar-refractivity contribution in [1.82, 2.24) is 10.6 Å². The molecule has 1 saturated heterocycles. The molecule has 2 aliphatic heterocycles. The first-order valence-corrected chi connectivity index (χ1v) is 10.7. The summed E-state index contributed by atoms with van der Waals surface area (Å²) < 4.78 is 28.1. The van der Waals surface area contributed by atoms with Crippen LogP contribution in [0.25, 0.3) is 0 Å². The summed E-state index contributed by atoms with van der Waals surface area (Å²) in [5.74, 6) is 0.578. The fraction of sp³-hybridized carbons (Fsp3) is 0.300. The number of carbonyl (C=O) groups is 1. The van der Waals surface area contributed by atoms with E-state index in [0.29, 0.717) is 22.7 Å². The molecular formula is C20H23ClN4O3S. The number of rotatable bonds is 3. The predicted molar refractivity (Wildman–Crippen MR) is 115 cm³/mol. The Labute approximate surface area is 176 Å². The fourth-order valence-electron chi connectivity index (χ4n) is 3.52. The molecule has 0 saturated carbocycles. The molecule has 0 spiro atoms. The standard InChI is InChI=1S/C20H22N4O3S.ClH/c1-13-12-21-11-10-17(13)23-20(25)14-6-8-15(9-7-14)22-19-16-4-2-3-5-18(16)28(26,27)24-19;/h2-9,13,17,21H,10-12H2,1H3,(H,22,24)(H,23,25);1H. The van der Waals surface area contributed by atoms with E-state index in [0.717, 1.165) is 19.5 Å². The van der Waals surface area contributed by atoms with Crippen molar-refractivity contribution >= 4 is 39.9 Å². The Balaban J connectivity index is 0.00000240. The van der Waals surface area contributed by atoms with Crippen LogP contribution >= 0.6 is 12.4 Å². The van der Waals surface area contributed by atoms with E-state index in [1.54, 1.807) is 42.5 Å². The number of hydrogen-bond acceptors (Lipinski definition) is 5. The topological polar surface area (TPSA) is 99.7 Å². The van der Waals surface area contributed by atoms with Gasteiger partial charge >= 0.3 is 0 Å². The normalized spacial score (nSPS) is 22.0. The van der Waals surface area contributed by atoms with Crippen molar-refractivity contribution in [3.63, 3.8) is 0 Å². The van der Waals surface area contributed by atoms with E-state index < -0.39 is 10.0 Å². The summed E-state index contributed by atoms with van der Waals surface area (Å²) in [5.41, 5.74) is 1.78. The predicted octanol–water partition coefficient (Wildman–Crippen LogP) is 2.40. The molecule has 9 heteroatoms. The summed E-state index contributed by atoms with van der Waals surface area (Å²) in [6.07, 6.45) is 0.917. The molecule has 2 atom stereocenters. The molecule has 0 aliphatic carbocycles. The monoisotopic (exact) mass is 434 g/mol. The van der Waals surface area contributed by atoms with E-state index in [9.17, 15) is 13.2 Å². The van der Waals surface area contributed by atoms with Crippen molar-refractivity contribution in [3.8, 4) is 0 Å². The highest BCUT2D eigenvalue weighted by Gasteiger charge is 2.28. The summed E-state index contributed by atoms with van der Waals surface area (Å²) in [6, 6.07) is 13.8. The van der Waals surface area contributed by atoms with Crippen molar-refractivity contribution in [2.24, 2.45) is 10.3 Å². The molecule has 1 amide bonds. The van der Waals surface area contributed by atoms with Gasteiger partial charge in [0, 0.05) is 22.9 Å². The Kier molecular flexibility index (Phi) is 6.26. The van der Waals surface area contributed by atoms with E-state index in [-0.39, 0.29) is 35.1 Å². The number of halogens is 1. The molecule has 0 bridgehead atoms. The van der Waals surface area contributed by atoms with Gasteiger partial charge in [0.15, 0.2) is 5.84 Å². The molecule has 0 radical (unpaired) electrons. The molecule has 2 heterocycles. The van der Waals surface area contributed by atoms with Crippen molar-refractivity contribution in [2.45, 2.75) is 24.3 Å². The van der Waals surface area contributed by atoms with Crippen molar-refractivity contribution in [3.05, 3.63) is 59.7 Å². The van der Waals surface area contributed by atoms with Crippen LogP contribution in [0.1, 0.15) is 29.3 Å². The molecule has 1 fully saturated rings. The molecule has 154 valence electrons. The molecule has 4 rings (SSSR count). The zero-order chi connectivity index (χ0) is 19.7. The average molecular weight is 435 g/mol. The Hall–Kier alpha value is -2.42. The van der Waals surface area contributed by atoms with Crippen LogP contribution in [0.15, 0.2) is 57.8 Å². The first kappa shape index (κ1) is 21.3. The third-order valence-electron chi connectivity index (χ3n) is 5.14. The highest BCUT2D eigenvalue weighted by Crippen LogP contribution is 2.26. The van der Waals surface area contributed by atoms with E-state index in [2.05, 4.69) is 27.3 Å². The zero-order valence-corrected chi connectivity index (χ0v) is 17.5. The van der Waals surface area contributed by atoms with Crippen molar-refractivity contribution in [2.75, 3.05) is 18.4 Å². The minimum absolute atomic E-state index is 0. The molecule has 0 aromatic heterocycles. The van der Waals surface area contributed by atoms with Gasteiger partial charge in [0.2, 0.25) is 0 Å². The summed E-state index contributed by atoms with van der Waals surface area (Å²) >= 11 is 0. The molecule has 29 heavy (non-hydrogen) atoms. The lowest BCUT2D eigenvalue weighted by Crippen LogP contribution is -2.48. The second-order valence-corrected chi connectivity index (χ2v) is 8.74. The van der Waals surface area contributed by atoms with E-state index in [1.807, 2.05) is 0 Å². The first-order chi connectivity index (χ1) is 13.4. The fourth-order valence-corrected chi connectivity index (χ4v) is 4.69. The number of amides is 1. The number of carbonyl (C=O) groups excluding carboxylic acids is 1. The number of sulfonamides is 1. The second-order valence-electron chi connectivity index (χ2n) is 7.16. The summed E-state index contributed by atoms with van der Waals surface area (Å²) in [4.78, 5) is 12.7. The first-order valence-electron chi connectivity index (χ1n) is 9.27. The van der Waals surface area contributed by atoms with Crippen LogP contribution < -0.4 is 16.0 Å². The van der Waals surface area contributed by atoms with Gasteiger partial charge in [-0.05, 0) is 61.8 Å². The van der Waals surface area contributed by atoms with Gasteiger partial charge in [0.05, 0.1) is 0 Å². The zero-order valence-electron chi connectivity index (χ0n) is 15.9. The van der Waals surface area contributed by atoms with Crippen LogP contribution in [0.3, 0.4) is 0 Å². The number of nitrogens with zero attached hydrogens (tertiary/aromatic N) is 1. The number of piperidine rings is 1. The average Bonchev–Trinajstić information content (AvgIpc) is 2.95. The molecule has 2 aromatic carbocycles.